The molecule has 1 aromatic rings. The molecule has 1 heterocycles. The van der Waals surface area contributed by atoms with Gasteiger partial charge in [-0.1, -0.05) is 23.2 Å². The van der Waals surface area contributed by atoms with Crippen LogP contribution < -0.4 is 0 Å². The van der Waals surface area contributed by atoms with Crippen LogP contribution in [0, 0.1) is 0 Å². The molecule has 0 aliphatic rings. The first-order valence-electron chi connectivity index (χ1n) is 2.29. The van der Waals surface area contributed by atoms with Crippen LogP contribution in [0.1, 0.15) is 0 Å². The number of halogens is 4. The van der Waals surface area contributed by atoms with Crippen LogP contribution in [-0.2, 0) is 6.00 Å². The largest absolute Gasteiger partial charge is 0.294 e. The number of hydrogen-bond donors (Lipinski definition) is 0. The number of imidazole rings is 1. The molecule has 0 aliphatic heterocycles. The van der Waals surface area contributed by atoms with E-state index in [1.165, 1.54) is 4.57 Å². The van der Waals surface area contributed by atoms with Crippen LogP contribution in [0.25, 0.3) is 0 Å². The molecular weight excluding hydrogens is 262 g/mol. The van der Waals surface area contributed by atoms with Crippen molar-refractivity contribution in [3.63, 3.8) is 0 Å². The third-order valence-corrected chi connectivity index (χ3v) is 2.53. The van der Waals surface area contributed by atoms with E-state index in [4.69, 9.17) is 34.8 Å². The van der Waals surface area contributed by atoms with Gasteiger partial charge in [-0.2, -0.15) is 0 Å². The van der Waals surface area contributed by atoms with E-state index < -0.39 is 0 Å². The Morgan fingerprint density at radius 1 is 1.50 bits per heavy atom. The fourth-order valence-corrected chi connectivity index (χ4v) is 1.97. The Hall–Kier alpha value is 0.560. The van der Waals surface area contributed by atoms with Crippen molar-refractivity contribution in [1.82, 2.24) is 9.55 Å². The van der Waals surface area contributed by atoms with Crippen molar-refractivity contribution in [3.05, 3.63) is 15.0 Å². The lowest BCUT2D eigenvalue weighted by Crippen LogP contribution is -1.90. The summed E-state index contributed by atoms with van der Waals surface area (Å²) >= 11 is 19.9. The van der Waals surface area contributed by atoms with Crippen molar-refractivity contribution >= 4 is 50.7 Å². The molecule has 6 heteroatoms. The van der Waals surface area contributed by atoms with Gasteiger partial charge in [-0.3, -0.25) is 4.57 Å². The predicted octanol–water partition coefficient (Wildman–Crippen LogP) is 3.15. The lowest BCUT2D eigenvalue weighted by atomic mass is 10.9. The number of alkyl halides is 1. The van der Waals surface area contributed by atoms with E-state index in [2.05, 4.69) is 20.9 Å². The van der Waals surface area contributed by atoms with Crippen LogP contribution in [0.15, 0.2) is 4.73 Å². The van der Waals surface area contributed by atoms with Crippen molar-refractivity contribution in [3.8, 4) is 0 Å². The zero-order valence-electron chi connectivity index (χ0n) is 4.61. The molecule has 1 rings (SSSR count). The van der Waals surface area contributed by atoms with E-state index in [0.717, 1.165) is 0 Å². The smallest absolute Gasteiger partial charge is 0.180 e. The number of hydrogen-bond acceptors (Lipinski definition) is 1. The first-order chi connectivity index (χ1) is 4.66. The third-order valence-electron chi connectivity index (χ3n) is 0.940. The van der Waals surface area contributed by atoms with Crippen molar-refractivity contribution in [1.29, 1.82) is 0 Å². The van der Waals surface area contributed by atoms with Gasteiger partial charge in [0.25, 0.3) is 0 Å². The predicted molar refractivity (Wildman–Crippen MR) is 45.8 cm³/mol. The van der Waals surface area contributed by atoms with Gasteiger partial charge in [-0.05, 0) is 15.9 Å². The average molecular weight is 264 g/mol. The second kappa shape index (κ2) is 3.30. The molecule has 0 unspecified atom stereocenters. The molecule has 0 bridgehead atoms. The van der Waals surface area contributed by atoms with Gasteiger partial charge >= 0.3 is 0 Å². The molecule has 1 aromatic heterocycles. The van der Waals surface area contributed by atoms with Crippen molar-refractivity contribution in [2.75, 3.05) is 0 Å². The summed E-state index contributed by atoms with van der Waals surface area (Å²) in [5.41, 5.74) is 0. The molecule has 0 aromatic carbocycles. The lowest BCUT2D eigenvalue weighted by molar-refractivity contribution is 0.852. The third kappa shape index (κ3) is 1.42. The quantitative estimate of drug-likeness (QED) is 0.712. The molecule has 0 amide bonds. The maximum atomic E-state index is 5.67. The van der Waals surface area contributed by atoms with Gasteiger partial charge in [-0.15, -0.1) is 11.6 Å². The highest BCUT2D eigenvalue weighted by Gasteiger charge is 2.09. The first-order valence-corrected chi connectivity index (χ1v) is 4.38. The Kier molecular flexibility index (Phi) is 2.86. The van der Waals surface area contributed by atoms with E-state index in [-0.39, 0.29) is 11.2 Å². The lowest BCUT2D eigenvalue weighted by Gasteiger charge is -1.95. The van der Waals surface area contributed by atoms with Gasteiger partial charge in [-0.25, -0.2) is 4.98 Å². The molecule has 56 valence electrons. The second-order valence-electron chi connectivity index (χ2n) is 1.51. The fraction of sp³-hybridized carbons (Fsp3) is 0.250. The van der Waals surface area contributed by atoms with Crippen LogP contribution >= 0.6 is 50.7 Å². The summed E-state index contributed by atoms with van der Waals surface area (Å²) in [4.78, 5) is 3.81. The molecule has 0 fully saturated rings. The molecule has 10 heavy (non-hydrogen) atoms. The summed E-state index contributed by atoms with van der Waals surface area (Å²) in [5, 5.41) is 0.609. The van der Waals surface area contributed by atoms with Gasteiger partial charge in [0.05, 0.1) is 0 Å². The highest BCUT2D eigenvalue weighted by atomic mass is 79.9. The molecule has 0 radical (unpaired) electrons. The first kappa shape index (κ1) is 8.65. The zero-order valence-corrected chi connectivity index (χ0v) is 8.47. The molecule has 0 spiro atoms. The fourth-order valence-electron chi connectivity index (χ4n) is 0.482. The summed E-state index contributed by atoms with van der Waals surface area (Å²) in [6, 6.07) is 0.235. The van der Waals surface area contributed by atoms with E-state index in [0.29, 0.717) is 9.89 Å². The SMILES string of the molecule is ClCn1c(Br)nc(Cl)c1Cl. The van der Waals surface area contributed by atoms with Gasteiger partial charge in [0, 0.05) is 0 Å². The Balaban J connectivity index is 3.20. The number of aromatic nitrogens is 2. The average Bonchev–Trinajstić information content (AvgIpc) is 2.09. The Morgan fingerprint density at radius 3 is 2.30 bits per heavy atom. The van der Waals surface area contributed by atoms with Gasteiger partial charge in [0.1, 0.15) is 11.2 Å². The van der Waals surface area contributed by atoms with Crippen LogP contribution in [-0.4, -0.2) is 9.55 Å². The minimum atomic E-state index is 0.235. The van der Waals surface area contributed by atoms with Crippen LogP contribution in [0.3, 0.4) is 0 Å². The Bertz CT molecular complexity index is 247. The topological polar surface area (TPSA) is 17.8 Å². The summed E-state index contributed by atoms with van der Waals surface area (Å²) in [6.07, 6.45) is 0. The maximum absolute atomic E-state index is 5.67. The minimum Gasteiger partial charge on any atom is -0.294 e. The van der Waals surface area contributed by atoms with Crippen LogP contribution in [0.5, 0.6) is 0 Å². The van der Waals surface area contributed by atoms with E-state index >= 15 is 0 Å². The number of nitrogens with zero attached hydrogens (tertiary/aromatic N) is 2. The monoisotopic (exact) mass is 262 g/mol. The Morgan fingerprint density at radius 2 is 2.10 bits per heavy atom. The van der Waals surface area contributed by atoms with E-state index in [1.54, 1.807) is 0 Å². The molecule has 2 nitrogen and oxygen atoms in total. The van der Waals surface area contributed by atoms with Crippen molar-refractivity contribution in [2.45, 2.75) is 6.00 Å². The summed E-state index contributed by atoms with van der Waals surface area (Å²) in [6.45, 7) is 0. The molecule has 0 saturated carbocycles. The van der Waals surface area contributed by atoms with Crippen molar-refractivity contribution < 1.29 is 0 Å². The molecule has 0 atom stereocenters. The molecule has 0 N–H and O–H groups in total. The molecule has 0 aliphatic carbocycles. The van der Waals surface area contributed by atoms with Gasteiger partial charge < -0.3 is 0 Å². The minimum absolute atomic E-state index is 0.235. The Labute approximate surface area is 81.2 Å². The highest BCUT2D eigenvalue weighted by Crippen LogP contribution is 2.25. The number of rotatable bonds is 1. The molecule has 0 saturated heterocycles. The van der Waals surface area contributed by atoms with E-state index in [9.17, 15) is 0 Å². The summed E-state index contributed by atoms with van der Waals surface area (Å²) in [5.74, 6) is 0. The van der Waals surface area contributed by atoms with E-state index in [1.807, 2.05) is 0 Å². The van der Waals surface area contributed by atoms with Gasteiger partial charge in [0.15, 0.2) is 9.89 Å². The standard InChI is InChI=1S/C4H2BrCl3N2/c5-4-9-2(7)3(8)10(4)1-6/h1H2. The van der Waals surface area contributed by atoms with Crippen LogP contribution in [0.2, 0.25) is 10.3 Å². The maximum Gasteiger partial charge on any atom is 0.180 e. The van der Waals surface area contributed by atoms with Crippen LogP contribution in [0.4, 0.5) is 0 Å². The normalized spacial score (nSPS) is 10.4. The summed E-state index contributed by atoms with van der Waals surface area (Å²) < 4.78 is 2.07. The molecular formula is C4H2BrCl3N2. The summed E-state index contributed by atoms with van der Waals surface area (Å²) in [7, 11) is 0. The zero-order chi connectivity index (χ0) is 7.72. The second-order valence-corrected chi connectivity index (χ2v) is 3.17. The van der Waals surface area contributed by atoms with Crippen molar-refractivity contribution in [2.24, 2.45) is 0 Å². The highest BCUT2D eigenvalue weighted by molar-refractivity contribution is 9.10. The van der Waals surface area contributed by atoms with Gasteiger partial charge in [0.2, 0.25) is 0 Å².